The summed E-state index contributed by atoms with van der Waals surface area (Å²) in [4.78, 5) is 21.3. The fourth-order valence-electron chi connectivity index (χ4n) is 4.82. The van der Waals surface area contributed by atoms with Crippen LogP contribution >= 0.6 is 0 Å². The van der Waals surface area contributed by atoms with Gasteiger partial charge in [-0.1, -0.05) is 13.8 Å². The number of hydrogen-bond donors (Lipinski definition) is 1. The number of hydrogen-bond acceptors (Lipinski definition) is 4. The van der Waals surface area contributed by atoms with Crippen molar-refractivity contribution in [3.05, 3.63) is 12.4 Å². The Bertz CT molecular complexity index is 742. The van der Waals surface area contributed by atoms with Gasteiger partial charge in [0.05, 0.1) is 18.0 Å². The maximum atomic E-state index is 12.7. The molecule has 1 aliphatic carbocycles. The van der Waals surface area contributed by atoms with E-state index < -0.39 is 0 Å². The lowest BCUT2D eigenvalue weighted by atomic mass is 9.57. The highest BCUT2D eigenvalue weighted by molar-refractivity contribution is 5.98. The number of rotatable bonds is 3. The number of ether oxygens (including phenoxy) is 1. The predicted molar refractivity (Wildman–Crippen MR) is 104 cm³/mol. The molecule has 148 valence electrons. The number of aliphatic imine (C=N–C) groups is 1. The van der Waals surface area contributed by atoms with Gasteiger partial charge in [-0.3, -0.25) is 14.5 Å². The molecule has 2 aliphatic heterocycles. The van der Waals surface area contributed by atoms with E-state index in [2.05, 4.69) is 34.2 Å². The van der Waals surface area contributed by atoms with Crippen LogP contribution in [0.3, 0.4) is 0 Å². The molecular weight excluding hydrogens is 344 g/mol. The van der Waals surface area contributed by atoms with Gasteiger partial charge in [0, 0.05) is 56.9 Å². The molecule has 27 heavy (non-hydrogen) atoms. The minimum absolute atomic E-state index is 0.0785. The van der Waals surface area contributed by atoms with E-state index in [1.807, 2.05) is 20.2 Å². The molecule has 0 bridgehead atoms. The van der Waals surface area contributed by atoms with E-state index in [0.717, 1.165) is 31.2 Å². The second-order valence-electron chi connectivity index (χ2n) is 8.32. The third-order valence-electron chi connectivity index (χ3n) is 6.22. The molecule has 3 aliphatic rings. The van der Waals surface area contributed by atoms with Crippen LogP contribution in [0.1, 0.15) is 27.2 Å². The summed E-state index contributed by atoms with van der Waals surface area (Å²) in [5.41, 5.74) is 0.937. The Morgan fingerprint density at radius 2 is 2.26 bits per heavy atom. The number of nitrogens with one attached hydrogen (secondary N) is 1. The first kappa shape index (κ1) is 18.3. The van der Waals surface area contributed by atoms with Crippen molar-refractivity contribution in [2.45, 2.75) is 39.3 Å². The van der Waals surface area contributed by atoms with Crippen molar-refractivity contribution in [1.29, 1.82) is 0 Å². The summed E-state index contributed by atoms with van der Waals surface area (Å²) in [5.74, 6) is 1.46. The molecule has 1 N–H and O–H groups in total. The molecule has 3 atom stereocenters. The number of aryl methyl sites for hydroxylation is 1. The van der Waals surface area contributed by atoms with Crippen molar-refractivity contribution in [1.82, 2.24) is 20.0 Å². The molecule has 0 spiro atoms. The van der Waals surface area contributed by atoms with E-state index in [-0.39, 0.29) is 11.3 Å². The van der Waals surface area contributed by atoms with Crippen LogP contribution in [-0.2, 0) is 16.6 Å². The van der Waals surface area contributed by atoms with E-state index >= 15 is 0 Å². The average Bonchev–Trinajstić information content (AvgIpc) is 3.26. The third-order valence-corrected chi connectivity index (χ3v) is 6.22. The number of nitrogens with zero attached hydrogens (tertiary/aromatic N) is 5. The summed E-state index contributed by atoms with van der Waals surface area (Å²) < 4.78 is 7.63. The van der Waals surface area contributed by atoms with Crippen molar-refractivity contribution in [2.75, 3.05) is 37.7 Å². The first-order valence-electron chi connectivity index (χ1n) is 9.88. The molecule has 3 heterocycles. The molecule has 1 aromatic heterocycles. The first-order chi connectivity index (χ1) is 12.9. The van der Waals surface area contributed by atoms with Crippen LogP contribution in [0.4, 0.5) is 5.69 Å². The Morgan fingerprint density at radius 1 is 1.44 bits per heavy atom. The van der Waals surface area contributed by atoms with Gasteiger partial charge >= 0.3 is 0 Å². The number of piperazine rings is 1. The number of fused-ring (bicyclic) bond motifs is 1. The second kappa shape index (κ2) is 6.82. The molecule has 1 amide bonds. The highest BCUT2D eigenvalue weighted by atomic mass is 16.5. The molecule has 2 saturated heterocycles. The molecule has 0 aromatic carbocycles. The molecular formula is C19H30N6O2. The van der Waals surface area contributed by atoms with Gasteiger partial charge in [0.15, 0.2) is 5.96 Å². The Hall–Kier alpha value is -2.09. The zero-order valence-corrected chi connectivity index (χ0v) is 16.7. The molecule has 0 radical (unpaired) electrons. The van der Waals surface area contributed by atoms with E-state index in [4.69, 9.17) is 4.74 Å². The minimum atomic E-state index is 0.0785. The standard InChI is InChI=1S/C19H30N6O2/c1-5-20-18(22-16-14-6-9-27-17(14)19(16,2)3)24-7-8-25(15(26)12-24)13-10-21-23(4)11-13/h10-11,14,16-17H,5-9,12H2,1-4H3,(H,20,22). The van der Waals surface area contributed by atoms with Crippen LogP contribution in [0.25, 0.3) is 0 Å². The SMILES string of the molecule is CCN=C(NC1C2CCOC2C1(C)C)N1CCN(c2cnn(C)c2)C(=O)C1. The molecule has 1 saturated carbocycles. The number of carbonyl (C=O) groups is 1. The Labute approximate surface area is 160 Å². The van der Waals surface area contributed by atoms with Crippen molar-refractivity contribution in [3.63, 3.8) is 0 Å². The van der Waals surface area contributed by atoms with Gasteiger partial charge in [-0.15, -0.1) is 0 Å². The van der Waals surface area contributed by atoms with Crippen LogP contribution in [-0.4, -0.2) is 71.5 Å². The molecule has 4 rings (SSSR count). The van der Waals surface area contributed by atoms with Gasteiger partial charge in [-0.05, 0) is 13.3 Å². The Balaban J connectivity index is 1.44. The van der Waals surface area contributed by atoms with Crippen molar-refractivity contribution in [3.8, 4) is 0 Å². The van der Waals surface area contributed by atoms with Gasteiger partial charge in [-0.2, -0.15) is 5.10 Å². The fraction of sp³-hybridized carbons (Fsp3) is 0.737. The monoisotopic (exact) mass is 374 g/mol. The zero-order valence-electron chi connectivity index (χ0n) is 16.7. The summed E-state index contributed by atoms with van der Waals surface area (Å²) in [6.45, 7) is 9.80. The van der Waals surface area contributed by atoms with E-state index in [1.165, 1.54) is 0 Å². The highest BCUT2D eigenvalue weighted by Crippen LogP contribution is 2.52. The lowest BCUT2D eigenvalue weighted by Gasteiger charge is -2.55. The van der Waals surface area contributed by atoms with Crippen LogP contribution in [0.15, 0.2) is 17.4 Å². The van der Waals surface area contributed by atoms with Crippen molar-refractivity contribution < 1.29 is 9.53 Å². The Morgan fingerprint density at radius 3 is 2.93 bits per heavy atom. The smallest absolute Gasteiger partial charge is 0.246 e. The summed E-state index contributed by atoms with van der Waals surface area (Å²) in [5, 5.41) is 7.85. The topological polar surface area (TPSA) is 75.0 Å². The molecule has 3 unspecified atom stereocenters. The molecule has 8 nitrogen and oxygen atoms in total. The number of guanidine groups is 1. The molecule has 8 heteroatoms. The first-order valence-corrected chi connectivity index (χ1v) is 9.88. The maximum Gasteiger partial charge on any atom is 0.246 e. The maximum absolute atomic E-state index is 12.7. The molecule has 3 fully saturated rings. The number of aromatic nitrogens is 2. The van der Waals surface area contributed by atoms with Gasteiger partial charge in [0.1, 0.15) is 6.54 Å². The van der Waals surface area contributed by atoms with E-state index in [0.29, 0.717) is 37.7 Å². The van der Waals surface area contributed by atoms with Gasteiger partial charge in [0.25, 0.3) is 0 Å². The Kier molecular flexibility index (Phi) is 4.61. The third kappa shape index (κ3) is 3.09. The fourth-order valence-corrected chi connectivity index (χ4v) is 4.82. The number of anilines is 1. The van der Waals surface area contributed by atoms with Crippen molar-refractivity contribution in [2.24, 2.45) is 23.4 Å². The van der Waals surface area contributed by atoms with E-state index in [9.17, 15) is 4.79 Å². The van der Waals surface area contributed by atoms with Crippen molar-refractivity contribution >= 4 is 17.6 Å². The quantitative estimate of drug-likeness (QED) is 0.627. The zero-order chi connectivity index (χ0) is 19.2. The average molecular weight is 374 g/mol. The second-order valence-corrected chi connectivity index (χ2v) is 8.32. The van der Waals surface area contributed by atoms with Gasteiger partial charge in [-0.25, -0.2) is 0 Å². The molecule has 1 aromatic rings. The summed E-state index contributed by atoms with van der Waals surface area (Å²) >= 11 is 0. The predicted octanol–water partition coefficient (Wildman–Crippen LogP) is 0.848. The van der Waals surface area contributed by atoms with Crippen LogP contribution < -0.4 is 10.2 Å². The van der Waals surface area contributed by atoms with Crippen LogP contribution in [0.5, 0.6) is 0 Å². The number of carbonyl (C=O) groups excluding carboxylic acids is 1. The largest absolute Gasteiger partial charge is 0.377 e. The highest BCUT2D eigenvalue weighted by Gasteiger charge is 2.59. The van der Waals surface area contributed by atoms with Gasteiger partial charge < -0.3 is 19.9 Å². The lowest BCUT2D eigenvalue weighted by Crippen LogP contribution is -2.69. The minimum Gasteiger partial charge on any atom is -0.377 e. The van der Waals surface area contributed by atoms with Crippen LogP contribution in [0.2, 0.25) is 0 Å². The van der Waals surface area contributed by atoms with Gasteiger partial charge in [0.2, 0.25) is 5.91 Å². The van der Waals surface area contributed by atoms with Crippen LogP contribution in [0, 0.1) is 11.3 Å². The lowest BCUT2D eigenvalue weighted by molar-refractivity contribution is -0.120. The summed E-state index contributed by atoms with van der Waals surface area (Å²) in [6.07, 6.45) is 5.05. The normalized spacial score (nSPS) is 30.3. The summed E-state index contributed by atoms with van der Waals surface area (Å²) in [6, 6.07) is 0.335. The summed E-state index contributed by atoms with van der Waals surface area (Å²) in [7, 11) is 1.86. The number of amides is 1. The van der Waals surface area contributed by atoms with E-state index in [1.54, 1.807) is 15.8 Å².